The van der Waals surface area contributed by atoms with E-state index in [2.05, 4.69) is 62.9 Å². The monoisotopic (exact) mass is 500 g/mol. The SMILES string of the molecule is CCCCC(CC)CN(CC(CC)CCCC)c1ccc(C2=C(C#N)C(=C(C#N)C#N)OC2(C)C)cc1. The maximum absolute atomic E-state index is 9.93. The number of hydrogen-bond acceptors (Lipinski definition) is 5. The maximum Gasteiger partial charge on any atom is 0.172 e. The number of nitriles is 3. The fourth-order valence-corrected chi connectivity index (χ4v) is 5.26. The van der Waals surface area contributed by atoms with Crippen LogP contribution in [-0.2, 0) is 4.74 Å². The van der Waals surface area contributed by atoms with Crippen molar-refractivity contribution in [3.63, 3.8) is 0 Å². The van der Waals surface area contributed by atoms with E-state index in [1.807, 2.05) is 26.0 Å². The Bertz CT molecular complexity index is 1040. The van der Waals surface area contributed by atoms with E-state index in [-0.39, 0.29) is 16.9 Å². The van der Waals surface area contributed by atoms with Crippen molar-refractivity contribution in [2.24, 2.45) is 11.8 Å². The van der Waals surface area contributed by atoms with Gasteiger partial charge in [0.2, 0.25) is 0 Å². The van der Waals surface area contributed by atoms with Crippen LogP contribution < -0.4 is 4.90 Å². The summed E-state index contributed by atoms with van der Waals surface area (Å²) in [6, 6.07) is 14.4. The molecule has 1 aliphatic heterocycles. The molecule has 37 heavy (non-hydrogen) atoms. The normalized spacial score (nSPS) is 15.8. The van der Waals surface area contributed by atoms with Gasteiger partial charge in [-0.25, -0.2) is 0 Å². The minimum atomic E-state index is -0.818. The van der Waals surface area contributed by atoms with Gasteiger partial charge in [-0.05, 0) is 56.2 Å². The van der Waals surface area contributed by atoms with E-state index in [1.54, 1.807) is 0 Å². The van der Waals surface area contributed by atoms with Gasteiger partial charge in [0.05, 0.1) is 0 Å². The highest BCUT2D eigenvalue weighted by Crippen LogP contribution is 2.45. The molecule has 2 atom stereocenters. The quantitative estimate of drug-likeness (QED) is 0.240. The third kappa shape index (κ3) is 7.63. The van der Waals surface area contributed by atoms with Gasteiger partial charge in [-0.15, -0.1) is 0 Å². The maximum atomic E-state index is 9.93. The van der Waals surface area contributed by atoms with E-state index in [9.17, 15) is 15.8 Å². The number of anilines is 1. The van der Waals surface area contributed by atoms with Crippen LogP contribution in [0.2, 0.25) is 0 Å². The molecule has 0 fully saturated rings. The van der Waals surface area contributed by atoms with E-state index in [0.717, 1.165) is 24.2 Å². The van der Waals surface area contributed by atoms with Crippen molar-refractivity contribution in [3.8, 4) is 18.2 Å². The summed E-state index contributed by atoms with van der Waals surface area (Å²) < 4.78 is 5.98. The first-order valence-electron chi connectivity index (χ1n) is 14.0. The van der Waals surface area contributed by atoms with Gasteiger partial charge in [-0.2, -0.15) is 15.8 Å². The zero-order valence-corrected chi connectivity index (χ0v) is 23.7. The third-order valence-corrected chi connectivity index (χ3v) is 7.56. The van der Waals surface area contributed by atoms with Crippen LogP contribution in [0.4, 0.5) is 5.69 Å². The molecule has 0 aliphatic carbocycles. The number of nitrogens with zero attached hydrogens (tertiary/aromatic N) is 4. The summed E-state index contributed by atoms with van der Waals surface area (Å²) in [5, 5.41) is 28.7. The minimum absolute atomic E-state index is 0.0848. The lowest BCUT2D eigenvalue weighted by molar-refractivity contribution is 0.109. The molecule has 1 aromatic carbocycles. The van der Waals surface area contributed by atoms with Crippen LogP contribution in [0.3, 0.4) is 0 Å². The summed E-state index contributed by atoms with van der Waals surface area (Å²) in [5.74, 6) is 1.42. The highest BCUT2D eigenvalue weighted by atomic mass is 16.5. The van der Waals surface area contributed by atoms with Crippen LogP contribution in [0.25, 0.3) is 5.57 Å². The number of ether oxygens (including phenoxy) is 1. The molecule has 5 heteroatoms. The minimum Gasteiger partial charge on any atom is -0.480 e. The molecule has 0 aromatic heterocycles. The van der Waals surface area contributed by atoms with Gasteiger partial charge in [-0.1, -0.05) is 78.4 Å². The van der Waals surface area contributed by atoms with Crippen molar-refractivity contribution in [1.82, 2.24) is 0 Å². The van der Waals surface area contributed by atoms with Crippen LogP contribution in [-0.4, -0.2) is 18.7 Å². The topological polar surface area (TPSA) is 83.8 Å². The van der Waals surface area contributed by atoms with E-state index in [1.165, 1.54) is 57.1 Å². The van der Waals surface area contributed by atoms with Gasteiger partial charge >= 0.3 is 0 Å². The third-order valence-electron chi connectivity index (χ3n) is 7.56. The predicted molar refractivity (Wildman–Crippen MR) is 151 cm³/mol. The van der Waals surface area contributed by atoms with Crippen molar-refractivity contribution in [3.05, 3.63) is 46.7 Å². The Labute approximate surface area is 225 Å². The predicted octanol–water partition coefficient (Wildman–Crippen LogP) is 8.31. The van der Waals surface area contributed by atoms with Crippen molar-refractivity contribution >= 4 is 11.3 Å². The molecule has 2 unspecified atom stereocenters. The summed E-state index contributed by atoms with van der Waals surface area (Å²) in [6.07, 6.45) is 9.86. The van der Waals surface area contributed by atoms with Crippen LogP contribution >= 0.6 is 0 Å². The molecule has 0 radical (unpaired) electrons. The molecule has 1 aromatic rings. The van der Waals surface area contributed by atoms with Gasteiger partial charge in [-0.3, -0.25) is 0 Å². The molecule has 0 bridgehead atoms. The number of hydrogen-bond donors (Lipinski definition) is 0. The molecular formula is C32H44N4O. The number of allylic oxidation sites excluding steroid dienone is 2. The molecule has 5 nitrogen and oxygen atoms in total. The Kier molecular flexibility index (Phi) is 11.8. The molecule has 0 saturated heterocycles. The Morgan fingerprint density at radius 2 is 1.38 bits per heavy atom. The first kappa shape index (κ1) is 30.0. The van der Waals surface area contributed by atoms with Crippen molar-refractivity contribution in [1.29, 1.82) is 15.8 Å². The van der Waals surface area contributed by atoms with Gasteiger partial charge in [0.15, 0.2) is 11.3 Å². The van der Waals surface area contributed by atoms with Crippen LogP contribution in [0.5, 0.6) is 0 Å². The second-order valence-corrected chi connectivity index (χ2v) is 10.7. The zero-order chi connectivity index (χ0) is 27.4. The molecule has 2 rings (SSSR count). The number of benzene rings is 1. The first-order valence-corrected chi connectivity index (χ1v) is 14.0. The standard InChI is InChI=1S/C32H44N4O/c1-7-11-13-24(9-3)22-36(23-25(10-4)14-12-8-2)28-17-15-26(16-18-28)30-29(21-35)31(27(19-33)20-34)37-32(30,5)6/h15-18,24-25H,7-14,22-23H2,1-6H3. The molecule has 198 valence electrons. The largest absolute Gasteiger partial charge is 0.480 e. The fraction of sp³-hybridized carbons (Fsp3) is 0.594. The zero-order valence-electron chi connectivity index (χ0n) is 23.7. The lowest BCUT2D eigenvalue weighted by Gasteiger charge is -2.33. The lowest BCUT2D eigenvalue weighted by Crippen LogP contribution is -2.34. The smallest absolute Gasteiger partial charge is 0.172 e. The fourth-order valence-electron chi connectivity index (χ4n) is 5.26. The Morgan fingerprint density at radius 1 is 0.865 bits per heavy atom. The molecule has 1 aliphatic rings. The summed E-state index contributed by atoms with van der Waals surface area (Å²) in [7, 11) is 0. The molecule has 1 heterocycles. The second-order valence-electron chi connectivity index (χ2n) is 10.7. The Hall–Kier alpha value is -3.23. The van der Waals surface area contributed by atoms with Gasteiger partial charge < -0.3 is 9.64 Å². The van der Waals surface area contributed by atoms with Crippen LogP contribution in [0.15, 0.2) is 41.2 Å². The van der Waals surface area contributed by atoms with Crippen LogP contribution in [0.1, 0.15) is 98.5 Å². The van der Waals surface area contributed by atoms with E-state index < -0.39 is 5.60 Å². The number of rotatable bonds is 14. The molecule has 0 amide bonds. The highest BCUT2D eigenvalue weighted by Gasteiger charge is 2.40. The van der Waals surface area contributed by atoms with E-state index >= 15 is 0 Å². The first-order chi connectivity index (χ1) is 17.8. The highest BCUT2D eigenvalue weighted by molar-refractivity contribution is 5.84. The summed E-state index contributed by atoms with van der Waals surface area (Å²) in [6.45, 7) is 15.0. The summed E-state index contributed by atoms with van der Waals surface area (Å²) in [4.78, 5) is 2.57. The second kappa shape index (κ2) is 14.5. The van der Waals surface area contributed by atoms with Crippen molar-refractivity contribution in [2.45, 2.75) is 98.5 Å². The van der Waals surface area contributed by atoms with Crippen molar-refractivity contribution in [2.75, 3.05) is 18.0 Å². The van der Waals surface area contributed by atoms with E-state index in [4.69, 9.17) is 4.74 Å². The Morgan fingerprint density at radius 3 is 1.78 bits per heavy atom. The molecule has 0 N–H and O–H groups in total. The lowest BCUT2D eigenvalue weighted by atomic mass is 9.88. The van der Waals surface area contributed by atoms with Gasteiger partial charge in [0.25, 0.3) is 0 Å². The molecular weight excluding hydrogens is 456 g/mol. The average molecular weight is 501 g/mol. The van der Waals surface area contributed by atoms with E-state index in [0.29, 0.717) is 11.8 Å². The summed E-state index contributed by atoms with van der Waals surface area (Å²) >= 11 is 0. The molecule has 0 saturated carbocycles. The summed E-state index contributed by atoms with van der Waals surface area (Å²) in [5.41, 5.74) is 2.08. The van der Waals surface area contributed by atoms with Gasteiger partial charge in [0.1, 0.15) is 29.4 Å². The average Bonchev–Trinajstić information content (AvgIpc) is 3.18. The molecule has 0 spiro atoms. The number of unbranched alkanes of at least 4 members (excludes halogenated alkanes) is 2. The van der Waals surface area contributed by atoms with Crippen LogP contribution in [0, 0.1) is 45.8 Å². The van der Waals surface area contributed by atoms with Crippen molar-refractivity contribution < 1.29 is 4.74 Å². The van der Waals surface area contributed by atoms with Gasteiger partial charge in [0, 0.05) is 24.4 Å². The Balaban J connectivity index is 2.47.